The number of methoxy groups -OCH3 is 1. The number of rotatable bonds is 6. The van der Waals surface area contributed by atoms with Crippen molar-refractivity contribution in [3.8, 4) is 5.75 Å². The average Bonchev–Trinajstić information content (AvgIpc) is 3.18. The lowest BCUT2D eigenvalue weighted by molar-refractivity contribution is -0.132. The Morgan fingerprint density at radius 2 is 2.03 bits per heavy atom. The molecular formula is C23H27N3O2S. The van der Waals surface area contributed by atoms with Crippen molar-refractivity contribution < 1.29 is 9.53 Å². The third-order valence-electron chi connectivity index (χ3n) is 5.55. The van der Waals surface area contributed by atoms with Gasteiger partial charge in [0.15, 0.2) is 0 Å². The SMILES string of the molecule is COc1ccccc1CN(C)C(=O)CN1CCC[C@H](c2nc3ccccc3s2)C1. The van der Waals surface area contributed by atoms with Crippen molar-refractivity contribution in [2.45, 2.75) is 25.3 Å². The standard InChI is InChI=1S/C23H27N3O2S/c1-25(14-17-8-3-5-11-20(17)28-2)22(27)16-26-13-7-9-18(15-26)23-24-19-10-4-6-12-21(19)29-23/h3-6,8,10-12,18H,7,9,13-16H2,1-2H3/t18-/m0/s1. The molecule has 6 heteroatoms. The Balaban J connectivity index is 1.37. The van der Waals surface area contributed by atoms with E-state index in [9.17, 15) is 4.79 Å². The van der Waals surface area contributed by atoms with E-state index in [4.69, 9.17) is 9.72 Å². The number of hydrogen-bond acceptors (Lipinski definition) is 5. The number of likely N-dealkylation sites (tertiary alicyclic amines) is 1. The molecule has 2 aromatic carbocycles. The number of benzene rings is 2. The minimum atomic E-state index is 0.140. The van der Waals surface area contributed by atoms with Gasteiger partial charge in [0.25, 0.3) is 0 Å². The molecule has 0 radical (unpaired) electrons. The number of ether oxygens (including phenoxy) is 1. The van der Waals surface area contributed by atoms with Crippen LogP contribution in [0.15, 0.2) is 48.5 Å². The van der Waals surface area contributed by atoms with Crippen molar-refractivity contribution in [1.82, 2.24) is 14.8 Å². The number of aromatic nitrogens is 1. The van der Waals surface area contributed by atoms with Crippen LogP contribution in [0, 0.1) is 0 Å². The Bertz CT molecular complexity index is 954. The van der Waals surface area contributed by atoms with Crippen LogP contribution >= 0.6 is 11.3 Å². The van der Waals surface area contributed by atoms with Crippen LogP contribution in [0.1, 0.15) is 29.3 Å². The average molecular weight is 410 g/mol. The molecule has 3 aromatic rings. The second kappa shape index (κ2) is 8.93. The Labute approximate surface area is 175 Å². The summed E-state index contributed by atoms with van der Waals surface area (Å²) in [5.74, 6) is 1.37. The predicted molar refractivity (Wildman–Crippen MR) is 118 cm³/mol. The van der Waals surface area contributed by atoms with E-state index < -0.39 is 0 Å². The first-order chi connectivity index (χ1) is 14.1. The summed E-state index contributed by atoms with van der Waals surface area (Å²) >= 11 is 1.79. The van der Waals surface area contributed by atoms with E-state index in [1.807, 2.05) is 37.4 Å². The molecule has 0 spiro atoms. The predicted octanol–water partition coefficient (Wildman–Crippen LogP) is 4.14. The second-order valence-corrected chi connectivity index (χ2v) is 8.72. The molecule has 1 aromatic heterocycles. The normalized spacial score (nSPS) is 17.4. The van der Waals surface area contributed by atoms with E-state index in [2.05, 4.69) is 23.1 Å². The number of para-hydroxylation sites is 2. The number of piperidine rings is 1. The molecular weight excluding hydrogens is 382 g/mol. The van der Waals surface area contributed by atoms with Gasteiger partial charge in [0, 0.05) is 31.6 Å². The zero-order chi connectivity index (χ0) is 20.2. The van der Waals surface area contributed by atoms with Crippen LogP contribution in [-0.2, 0) is 11.3 Å². The van der Waals surface area contributed by atoms with E-state index in [-0.39, 0.29) is 5.91 Å². The van der Waals surface area contributed by atoms with Crippen LogP contribution in [0.5, 0.6) is 5.75 Å². The van der Waals surface area contributed by atoms with Gasteiger partial charge in [-0.2, -0.15) is 0 Å². The number of fused-ring (bicyclic) bond motifs is 1. The number of nitrogens with zero attached hydrogens (tertiary/aromatic N) is 3. The van der Waals surface area contributed by atoms with E-state index in [0.29, 0.717) is 19.0 Å². The van der Waals surface area contributed by atoms with Crippen molar-refractivity contribution in [2.75, 3.05) is 33.8 Å². The molecule has 4 rings (SSSR count). The summed E-state index contributed by atoms with van der Waals surface area (Å²) in [7, 11) is 3.53. The van der Waals surface area contributed by atoms with Gasteiger partial charge in [-0.05, 0) is 37.6 Å². The summed E-state index contributed by atoms with van der Waals surface area (Å²) < 4.78 is 6.65. The van der Waals surface area contributed by atoms with E-state index >= 15 is 0 Å². The molecule has 152 valence electrons. The van der Waals surface area contributed by atoms with Gasteiger partial charge in [-0.25, -0.2) is 4.98 Å². The topological polar surface area (TPSA) is 45.7 Å². The summed E-state index contributed by atoms with van der Waals surface area (Å²) in [6.07, 6.45) is 2.24. The van der Waals surface area contributed by atoms with Crippen LogP contribution in [0.25, 0.3) is 10.2 Å². The third kappa shape index (κ3) is 4.60. The first-order valence-electron chi connectivity index (χ1n) is 10.1. The lowest BCUT2D eigenvalue weighted by Gasteiger charge is -2.32. The summed E-state index contributed by atoms with van der Waals surface area (Å²) in [6, 6.07) is 16.2. The minimum absolute atomic E-state index is 0.140. The minimum Gasteiger partial charge on any atom is -0.496 e. The summed E-state index contributed by atoms with van der Waals surface area (Å²) in [6.45, 7) is 2.87. The smallest absolute Gasteiger partial charge is 0.236 e. The summed E-state index contributed by atoms with van der Waals surface area (Å²) in [4.78, 5) is 21.7. The highest BCUT2D eigenvalue weighted by molar-refractivity contribution is 7.18. The van der Waals surface area contributed by atoms with Crippen molar-refractivity contribution in [2.24, 2.45) is 0 Å². The van der Waals surface area contributed by atoms with Crippen LogP contribution < -0.4 is 4.74 Å². The fourth-order valence-electron chi connectivity index (χ4n) is 3.95. The van der Waals surface area contributed by atoms with Crippen LogP contribution in [0.2, 0.25) is 0 Å². The van der Waals surface area contributed by atoms with Gasteiger partial charge >= 0.3 is 0 Å². The summed E-state index contributed by atoms with van der Waals surface area (Å²) in [5.41, 5.74) is 2.11. The van der Waals surface area contributed by atoms with Crippen molar-refractivity contribution in [3.63, 3.8) is 0 Å². The first kappa shape index (κ1) is 19.9. The Hall–Kier alpha value is -2.44. The van der Waals surface area contributed by atoms with Crippen LogP contribution in [-0.4, -0.2) is 54.5 Å². The fraction of sp³-hybridized carbons (Fsp3) is 0.391. The highest BCUT2D eigenvalue weighted by Gasteiger charge is 2.26. The maximum absolute atomic E-state index is 12.8. The first-order valence-corrected chi connectivity index (χ1v) is 10.9. The number of hydrogen-bond donors (Lipinski definition) is 0. The maximum Gasteiger partial charge on any atom is 0.236 e. The van der Waals surface area contributed by atoms with Gasteiger partial charge < -0.3 is 9.64 Å². The Morgan fingerprint density at radius 1 is 1.24 bits per heavy atom. The molecule has 2 heterocycles. The molecule has 5 nitrogen and oxygen atoms in total. The molecule has 0 aliphatic carbocycles. The molecule has 1 aliphatic rings. The number of carbonyl (C=O) groups is 1. The molecule has 29 heavy (non-hydrogen) atoms. The van der Waals surface area contributed by atoms with E-state index in [1.165, 1.54) is 9.71 Å². The fourth-order valence-corrected chi connectivity index (χ4v) is 5.05. The van der Waals surface area contributed by atoms with Crippen molar-refractivity contribution >= 4 is 27.5 Å². The van der Waals surface area contributed by atoms with Crippen molar-refractivity contribution in [1.29, 1.82) is 0 Å². The molecule has 1 amide bonds. The zero-order valence-corrected chi connectivity index (χ0v) is 17.8. The highest BCUT2D eigenvalue weighted by Crippen LogP contribution is 2.32. The maximum atomic E-state index is 12.8. The number of amides is 1. The molecule has 1 fully saturated rings. The molecule has 0 saturated carbocycles. The quantitative estimate of drug-likeness (QED) is 0.614. The lowest BCUT2D eigenvalue weighted by atomic mass is 9.98. The second-order valence-electron chi connectivity index (χ2n) is 7.66. The van der Waals surface area contributed by atoms with Gasteiger partial charge in [0.1, 0.15) is 5.75 Å². The van der Waals surface area contributed by atoms with Gasteiger partial charge in [0.2, 0.25) is 5.91 Å². The molecule has 1 atom stereocenters. The number of thiazole rings is 1. The van der Waals surface area contributed by atoms with Gasteiger partial charge in [-0.1, -0.05) is 30.3 Å². The number of likely N-dealkylation sites (N-methyl/N-ethyl adjacent to an activating group) is 1. The zero-order valence-electron chi connectivity index (χ0n) is 17.0. The van der Waals surface area contributed by atoms with Crippen LogP contribution in [0.3, 0.4) is 0 Å². The Morgan fingerprint density at radius 3 is 2.86 bits per heavy atom. The molecule has 0 bridgehead atoms. The molecule has 1 saturated heterocycles. The molecule has 0 N–H and O–H groups in total. The van der Waals surface area contributed by atoms with E-state index in [0.717, 1.165) is 42.8 Å². The van der Waals surface area contributed by atoms with Gasteiger partial charge in [-0.3, -0.25) is 9.69 Å². The largest absolute Gasteiger partial charge is 0.496 e. The van der Waals surface area contributed by atoms with Gasteiger partial charge in [-0.15, -0.1) is 11.3 Å². The monoisotopic (exact) mass is 409 g/mol. The van der Waals surface area contributed by atoms with Gasteiger partial charge in [0.05, 0.1) is 28.9 Å². The lowest BCUT2D eigenvalue weighted by Crippen LogP contribution is -2.42. The third-order valence-corrected chi connectivity index (χ3v) is 6.75. The molecule has 1 aliphatic heterocycles. The Kier molecular flexibility index (Phi) is 6.11. The highest BCUT2D eigenvalue weighted by atomic mass is 32.1. The van der Waals surface area contributed by atoms with Crippen LogP contribution in [0.4, 0.5) is 0 Å². The summed E-state index contributed by atoms with van der Waals surface area (Å²) in [5, 5.41) is 1.20. The number of carbonyl (C=O) groups excluding carboxylic acids is 1. The van der Waals surface area contributed by atoms with E-state index in [1.54, 1.807) is 23.3 Å². The molecule has 0 unspecified atom stereocenters. The van der Waals surface area contributed by atoms with Crippen molar-refractivity contribution in [3.05, 3.63) is 59.1 Å².